The molecule has 0 aliphatic carbocycles. The van der Waals surface area contributed by atoms with Crippen molar-refractivity contribution < 1.29 is 17.5 Å². The summed E-state index contributed by atoms with van der Waals surface area (Å²) in [6.45, 7) is 4.58. The third-order valence-electron chi connectivity index (χ3n) is 3.36. The lowest BCUT2D eigenvalue weighted by molar-refractivity contribution is 0.122. The zero-order valence-corrected chi connectivity index (χ0v) is 13.0. The molecular weight excluding hydrogens is 295 g/mol. The van der Waals surface area contributed by atoms with E-state index in [1.807, 2.05) is 11.8 Å². The van der Waals surface area contributed by atoms with Gasteiger partial charge in [-0.15, -0.1) is 0 Å². The normalized spacial score (nSPS) is 16.0. The number of morpholine rings is 1. The third kappa shape index (κ3) is 4.57. The van der Waals surface area contributed by atoms with Crippen LogP contribution in [-0.2, 0) is 14.8 Å². The largest absolute Gasteiger partial charge is 0.378 e. The van der Waals surface area contributed by atoms with Crippen molar-refractivity contribution in [3.63, 3.8) is 0 Å². The molecule has 118 valence electrons. The van der Waals surface area contributed by atoms with Gasteiger partial charge in [-0.2, -0.15) is 0 Å². The molecule has 1 aromatic carbocycles. The third-order valence-corrected chi connectivity index (χ3v) is 4.72. The van der Waals surface area contributed by atoms with Gasteiger partial charge in [-0.1, -0.05) is 13.3 Å². The van der Waals surface area contributed by atoms with Crippen LogP contribution >= 0.6 is 0 Å². The first-order valence-corrected chi connectivity index (χ1v) is 8.80. The van der Waals surface area contributed by atoms with E-state index in [9.17, 15) is 12.8 Å². The van der Waals surface area contributed by atoms with E-state index < -0.39 is 15.8 Å². The average molecular weight is 316 g/mol. The van der Waals surface area contributed by atoms with Crippen molar-refractivity contribution in [3.8, 4) is 0 Å². The summed E-state index contributed by atoms with van der Waals surface area (Å²) in [4.78, 5) is 2.05. The molecule has 0 unspecified atom stereocenters. The van der Waals surface area contributed by atoms with Crippen LogP contribution in [0, 0.1) is 5.82 Å². The maximum atomic E-state index is 13.8. The minimum Gasteiger partial charge on any atom is -0.378 e. The van der Waals surface area contributed by atoms with Crippen molar-refractivity contribution >= 4 is 21.4 Å². The van der Waals surface area contributed by atoms with Gasteiger partial charge in [-0.05, 0) is 24.6 Å². The predicted octanol–water partition coefficient (Wildman–Crippen LogP) is 2.20. The zero-order valence-electron chi connectivity index (χ0n) is 12.1. The number of anilines is 2. The van der Waals surface area contributed by atoms with E-state index in [0.29, 0.717) is 32.7 Å². The zero-order chi connectivity index (χ0) is 15.3. The lowest BCUT2D eigenvalue weighted by Gasteiger charge is -2.29. The summed E-state index contributed by atoms with van der Waals surface area (Å²) in [7, 11) is -3.50. The maximum absolute atomic E-state index is 13.8. The van der Waals surface area contributed by atoms with Gasteiger partial charge >= 0.3 is 0 Å². The second-order valence-corrected chi connectivity index (χ2v) is 6.88. The van der Waals surface area contributed by atoms with E-state index in [1.165, 1.54) is 6.07 Å². The van der Waals surface area contributed by atoms with Gasteiger partial charge in [0.2, 0.25) is 10.0 Å². The van der Waals surface area contributed by atoms with E-state index in [1.54, 1.807) is 12.1 Å². The fourth-order valence-electron chi connectivity index (χ4n) is 2.16. The van der Waals surface area contributed by atoms with Crippen LogP contribution in [0.4, 0.5) is 15.8 Å². The summed E-state index contributed by atoms with van der Waals surface area (Å²) in [5.74, 6) is -0.558. The van der Waals surface area contributed by atoms with Gasteiger partial charge in [0, 0.05) is 18.8 Å². The van der Waals surface area contributed by atoms with Crippen molar-refractivity contribution in [2.24, 2.45) is 0 Å². The summed E-state index contributed by atoms with van der Waals surface area (Å²) in [5.41, 5.74) is 0.808. The molecular formula is C14H21FN2O3S. The van der Waals surface area contributed by atoms with Crippen molar-refractivity contribution in [2.75, 3.05) is 41.7 Å². The van der Waals surface area contributed by atoms with Crippen LogP contribution in [0.1, 0.15) is 19.8 Å². The fourth-order valence-corrected chi connectivity index (χ4v) is 3.42. The van der Waals surface area contributed by atoms with E-state index >= 15 is 0 Å². The number of benzene rings is 1. The molecule has 21 heavy (non-hydrogen) atoms. The van der Waals surface area contributed by atoms with E-state index in [-0.39, 0.29) is 11.4 Å². The van der Waals surface area contributed by atoms with Crippen molar-refractivity contribution in [1.82, 2.24) is 0 Å². The summed E-state index contributed by atoms with van der Waals surface area (Å²) >= 11 is 0. The molecule has 7 heteroatoms. The predicted molar refractivity (Wildman–Crippen MR) is 81.7 cm³/mol. The number of hydrogen-bond acceptors (Lipinski definition) is 4. The van der Waals surface area contributed by atoms with Crippen LogP contribution in [0.15, 0.2) is 18.2 Å². The van der Waals surface area contributed by atoms with E-state index in [0.717, 1.165) is 12.1 Å². The summed E-state index contributed by atoms with van der Waals surface area (Å²) < 4.78 is 45.2. The Labute approximate surface area is 125 Å². The summed E-state index contributed by atoms with van der Waals surface area (Å²) in [6, 6.07) is 4.50. The highest BCUT2D eigenvalue weighted by atomic mass is 32.2. The number of sulfonamides is 1. The Kier molecular flexibility index (Phi) is 5.41. The molecule has 5 nitrogen and oxygen atoms in total. The Morgan fingerprint density at radius 2 is 2.05 bits per heavy atom. The molecule has 1 saturated heterocycles. The second kappa shape index (κ2) is 7.09. The first-order valence-electron chi connectivity index (χ1n) is 7.14. The molecule has 1 N–H and O–H groups in total. The molecule has 0 saturated carbocycles. The number of ether oxygens (including phenoxy) is 1. The second-order valence-electron chi connectivity index (χ2n) is 5.04. The number of unbranched alkanes of at least 4 members (excludes halogenated alkanes) is 1. The van der Waals surface area contributed by atoms with Gasteiger partial charge in [0.15, 0.2) is 0 Å². The van der Waals surface area contributed by atoms with Gasteiger partial charge < -0.3 is 9.64 Å². The molecule has 0 aromatic heterocycles. The highest BCUT2D eigenvalue weighted by molar-refractivity contribution is 7.92. The van der Waals surface area contributed by atoms with Crippen molar-refractivity contribution in [2.45, 2.75) is 19.8 Å². The van der Waals surface area contributed by atoms with Crippen LogP contribution in [0.25, 0.3) is 0 Å². The Hall–Kier alpha value is -1.34. The molecule has 1 heterocycles. The Bertz CT molecular complexity index is 572. The molecule has 0 spiro atoms. The van der Waals surface area contributed by atoms with Crippen molar-refractivity contribution in [3.05, 3.63) is 24.0 Å². The monoisotopic (exact) mass is 316 g/mol. The van der Waals surface area contributed by atoms with Crippen LogP contribution in [0.3, 0.4) is 0 Å². The lowest BCUT2D eigenvalue weighted by Crippen LogP contribution is -2.36. The van der Waals surface area contributed by atoms with Gasteiger partial charge in [0.05, 0.1) is 24.7 Å². The van der Waals surface area contributed by atoms with E-state index in [4.69, 9.17) is 4.74 Å². The van der Waals surface area contributed by atoms with Gasteiger partial charge in [0.1, 0.15) is 5.82 Å². The summed E-state index contributed by atoms with van der Waals surface area (Å²) in [5, 5.41) is 0. The van der Waals surface area contributed by atoms with Crippen LogP contribution < -0.4 is 9.62 Å². The smallest absolute Gasteiger partial charge is 0.232 e. The number of nitrogens with zero attached hydrogens (tertiary/aromatic N) is 1. The molecule has 1 fully saturated rings. The highest BCUT2D eigenvalue weighted by Gasteiger charge is 2.16. The maximum Gasteiger partial charge on any atom is 0.232 e. The number of halogens is 1. The first-order chi connectivity index (χ1) is 10.0. The van der Waals surface area contributed by atoms with Crippen LogP contribution in [-0.4, -0.2) is 40.5 Å². The minimum absolute atomic E-state index is 0.00468. The van der Waals surface area contributed by atoms with Gasteiger partial charge in [0.25, 0.3) is 0 Å². The molecule has 1 aliphatic rings. The molecule has 1 aliphatic heterocycles. The minimum atomic E-state index is -3.50. The molecule has 2 rings (SSSR count). The first kappa shape index (κ1) is 16.0. The topological polar surface area (TPSA) is 58.6 Å². The van der Waals surface area contributed by atoms with Crippen LogP contribution in [0.2, 0.25) is 0 Å². The molecule has 0 bridgehead atoms. The summed E-state index contributed by atoms with van der Waals surface area (Å²) in [6.07, 6.45) is 1.33. The SMILES string of the molecule is CCCCS(=O)(=O)Nc1cc(N2CCOCC2)ccc1F. The highest BCUT2D eigenvalue weighted by Crippen LogP contribution is 2.24. The molecule has 1 aromatic rings. The fraction of sp³-hybridized carbons (Fsp3) is 0.571. The Balaban J connectivity index is 2.15. The number of rotatable bonds is 6. The molecule has 0 atom stereocenters. The number of hydrogen-bond donors (Lipinski definition) is 1. The average Bonchev–Trinajstić information content (AvgIpc) is 2.48. The number of nitrogens with one attached hydrogen (secondary N) is 1. The van der Waals surface area contributed by atoms with Crippen LogP contribution in [0.5, 0.6) is 0 Å². The van der Waals surface area contributed by atoms with Gasteiger partial charge in [-0.25, -0.2) is 12.8 Å². The standard InChI is InChI=1S/C14H21FN2O3S/c1-2-3-10-21(18,19)16-14-11-12(4-5-13(14)15)17-6-8-20-9-7-17/h4-5,11,16H,2-3,6-10H2,1H3. The van der Waals surface area contributed by atoms with Gasteiger partial charge in [-0.3, -0.25) is 4.72 Å². The molecule has 0 radical (unpaired) electrons. The van der Waals surface area contributed by atoms with Crippen molar-refractivity contribution in [1.29, 1.82) is 0 Å². The Morgan fingerprint density at radius 3 is 2.71 bits per heavy atom. The van der Waals surface area contributed by atoms with E-state index in [2.05, 4.69) is 4.72 Å². The molecule has 0 amide bonds. The Morgan fingerprint density at radius 1 is 1.33 bits per heavy atom. The quantitative estimate of drug-likeness (QED) is 0.874. The lowest BCUT2D eigenvalue weighted by atomic mass is 10.2.